The standard InChI is InChI=1S/C67H123NO18/c1-3-5-7-9-11-13-15-17-19-21-23-24-25-26-27-28-30-32-34-36-38-40-42-44-51(72)50(68-55(73)45-43-41-39-37-35-33-31-29-22-20-18-16-14-12-10-8-6-4-2)49-81-65-61(79)58(76)63(53(47-70)83-65)86-67-62(80)59(77)64(54(48-71)84-67)85-66-60(78)57(75)56(74)52(46-69)82-66/h27-28,34,36,42,44,50-54,56-67,69-72,74-80H,3-26,29-33,35,37-41,43,45-49H2,1-2H3,(H,68,73)/b28-27+,36-34+,44-42+. The lowest BCUT2D eigenvalue weighted by Crippen LogP contribution is -2.66. The summed E-state index contributed by atoms with van der Waals surface area (Å²) in [5.41, 5.74) is 0. The molecule has 0 aromatic heterocycles. The number of hydrogen-bond acceptors (Lipinski definition) is 18. The molecule has 3 aliphatic rings. The van der Waals surface area contributed by atoms with Crippen LogP contribution in [0.5, 0.6) is 0 Å². The molecule has 0 aromatic carbocycles. The van der Waals surface area contributed by atoms with Crippen LogP contribution in [-0.4, -0.2) is 193 Å². The van der Waals surface area contributed by atoms with E-state index < -0.39 is 124 Å². The van der Waals surface area contributed by atoms with Gasteiger partial charge >= 0.3 is 0 Å². The molecule has 3 aliphatic heterocycles. The minimum atomic E-state index is -1.98. The Balaban J connectivity index is 1.47. The van der Waals surface area contributed by atoms with Gasteiger partial charge in [0, 0.05) is 6.42 Å². The number of allylic oxidation sites excluding steroid dienone is 5. The van der Waals surface area contributed by atoms with Gasteiger partial charge in [-0.2, -0.15) is 0 Å². The summed E-state index contributed by atoms with van der Waals surface area (Å²) in [5.74, 6) is -0.286. The van der Waals surface area contributed by atoms with Crippen molar-refractivity contribution in [3.8, 4) is 0 Å². The number of rotatable bonds is 52. The molecule has 3 saturated heterocycles. The second-order valence-corrected chi connectivity index (χ2v) is 24.6. The van der Waals surface area contributed by atoms with Crippen molar-refractivity contribution in [1.82, 2.24) is 5.32 Å². The van der Waals surface area contributed by atoms with Gasteiger partial charge in [0.15, 0.2) is 18.9 Å². The highest BCUT2D eigenvalue weighted by atomic mass is 16.8. The molecule has 17 atom stereocenters. The summed E-state index contributed by atoms with van der Waals surface area (Å²) in [4.78, 5) is 13.4. The summed E-state index contributed by atoms with van der Waals surface area (Å²) in [6, 6.07) is -0.994. The molecule has 0 aliphatic carbocycles. The van der Waals surface area contributed by atoms with Crippen molar-refractivity contribution in [2.45, 2.75) is 356 Å². The van der Waals surface area contributed by atoms with Gasteiger partial charge in [0.25, 0.3) is 0 Å². The van der Waals surface area contributed by atoms with Crippen molar-refractivity contribution in [3.63, 3.8) is 0 Å². The van der Waals surface area contributed by atoms with Crippen molar-refractivity contribution >= 4 is 5.91 Å². The van der Waals surface area contributed by atoms with Gasteiger partial charge in [-0.05, 0) is 44.9 Å². The second kappa shape index (κ2) is 49.7. The third kappa shape index (κ3) is 31.8. The zero-order valence-electron chi connectivity index (χ0n) is 53.0. The van der Waals surface area contributed by atoms with Gasteiger partial charge in [-0.3, -0.25) is 4.79 Å². The van der Waals surface area contributed by atoms with Crippen molar-refractivity contribution in [1.29, 1.82) is 0 Å². The number of carbonyl (C=O) groups excluding carboxylic acids is 1. The topological polar surface area (TPSA) is 307 Å². The van der Waals surface area contributed by atoms with Crippen LogP contribution < -0.4 is 5.32 Å². The Morgan fingerprint density at radius 3 is 1.16 bits per heavy atom. The Kier molecular flexibility index (Phi) is 45.2. The van der Waals surface area contributed by atoms with Crippen molar-refractivity contribution in [2.24, 2.45) is 0 Å². The number of amides is 1. The monoisotopic (exact) mass is 1230 g/mol. The number of aliphatic hydroxyl groups excluding tert-OH is 11. The van der Waals surface area contributed by atoms with Gasteiger partial charge in [0.2, 0.25) is 5.91 Å². The van der Waals surface area contributed by atoms with E-state index in [2.05, 4.69) is 43.5 Å². The fraction of sp³-hybridized carbons (Fsp3) is 0.896. The molecule has 86 heavy (non-hydrogen) atoms. The fourth-order valence-electron chi connectivity index (χ4n) is 11.6. The third-order valence-corrected chi connectivity index (χ3v) is 17.2. The first-order valence-corrected chi connectivity index (χ1v) is 34.2. The van der Waals surface area contributed by atoms with Crippen LogP contribution in [0, 0.1) is 0 Å². The SMILES string of the molecule is CCCCCCCCCCCCCCC/C=C/CC/C=C/CC/C=C/C(O)C(COC1OC(CO)C(OC2OC(CO)C(OC3OC(CO)C(O)C(O)C3O)C(O)C2O)C(O)C1O)NC(=O)CCCCCCCCCCCCCCCCCCCC. The summed E-state index contributed by atoms with van der Waals surface area (Å²) in [7, 11) is 0. The maximum atomic E-state index is 13.4. The van der Waals surface area contributed by atoms with Crippen molar-refractivity contribution in [3.05, 3.63) is 36.5 Å². The second-order valence-electron chi connectivity index (χ2n) is 24.6. The van der Waals surface area contributed by atoms with Crippen molar-refractivity contribution < 1.29 is 89.4 Å². The summed E-state index contributed by atoms with van der Waals surface area (Å²) in [6.45, 7) is 1.73. The third-order valence-electron chi connectivity index (χ3n) is 17.2. The minimum absolute atomic E-state index is 0.236. The van der Waals surface area contributed by atoms with E-state index in [4.69, 9.17) is 28.4 Å². The van der Waals surface area contributed by atoms with E-state index >= 15 is 0 Å². The van der Waals surface area contributed by atoms with E-state index in [1.807, 2.05) is 6.08 Å². The van der Waals surface area contributed by atoms with Crippen LogP contribution >= 0.6 is 0 Å². The molecule has 504 valence electrons. The fourth-order valence-corrected chi connectivity index (χ4v) is 11.6. The lowest BCUT2D eigenvalue weighted by Gasteiger charge is -2.48. The number of aliphatic hydroxyl groups is 11. The predicted octanol–water partition coefficient (Wildman–Crippen LogP) is 8.44. The van der Waals surface area contributed by atoms with Crippen LogP contribution in [-0.2, 0) is 33.2 Å². The van der Waals surface area contributed by atoms with Gasteiger partial charge in [-0.15, -0.1) is 0 Å². The highest BCUT2D eigenvalue weighted by Crippen LogP contribution is 2.33. The highest BCUT2D eigenvalue weighted by molar-refractivity contribution is 5.76. The molecule has 0 spiro atoms. The lowest BCUT2D eigenvalue weighted by molar-refractivity contribution is -0.379. The first-order chi connectivity index (χ1) is 41.8. The van der Waals surface area contributed by atoms with Crippen LogP contribution in [0.1, 0.15) is 251 Å². The zero-order valence-corrected chi connectivity index (χ0v) is 53.0. The number of unbranched alkanes of at least 4 members (excludes halogenated alkanes) is 32. The molecule has 19 heteroatoms. The molecule has 3 heterocycles. The van der Waals surface area contributed by atoms with Gasteiger partial charge in [0.1, 0.15) is 73.2 Å². The van der Waals surface area contributed by atoms with Gasteiger partial charge < -0.3 is 89.9 Å². The largest absolute Gasteiger partial charge is 0.394 e. The molecule has 12 N–H and O–H groups in total. The normalized spacial score (nSPS) is 29.0. The average molecular weight is 1230 g/mol. The Bertz CT molecular complexity index is 1710. The van der Waals surface area contributed by atoms with E-state index in [0.717, 1.165) is 44.9 Å². The number of ether oxygens (including phenoxy) is 6. The zero-order chi connectivity index (χ0) is 62.6. The molecule has 17 unspecified atom stereocenters. The number of hydrogen-bond donors (Lipinski definition) is 12. The molecular weight excluding hydrogens is 1110 g/mol. The summed E-state index contributed by atoms with van der Waals surface area (Å²) >= 11 is 0. The van der Waals surface area contributed by atoms with E-state index in [0.29, 0.717) is 12.8 Å². The average Bonchev–Trinajstić information content (AvgIpc) is 1.83. The maximum Gasteiger partial charge on any atom is 0.220 e. The molecule has 19 nitrogen and oxygen atoms in total. The van der Waals surface area contributed by atoms with E-state index in [1.165, 1.54) is 173 Å². The summed E-state index contributed by atoms with van der Waals surface area (Å²) in [6.07, 6.45) is 29.8. The van der Waals surface area contributed by atoms with Crippen LogP contribution in [0.4, 0.5) is 0 Å². The summed E-state index contributed by atoms with van der Waals surface area (Å²) < 4.78 is 34.3. The lowest BCUT2D eigenvalue weighted by atomic mass is 9.96. The molecule has 3 rings (SSSR count). The van der Waals surface area contributed by atoms with Crippen molar-refractivity contribution in [2.75, 3.05) is 26.4 Å². The highest BCUT2D eigenvalue weighted by Gasteiger charge is 2.53. The minimum Gasteiger partial charge on any atom is -0.394 e. The number of nitrogens with one attached hydrogen (secondary N) is 1. The summed E-state index contributed by atoms with van der Waals surface area (Å²) in [5, 5.41) is 120. The maximum absolute atomic E-state index is 13.4. The first kappa shape index (κ1) is 78.3. The molecule has 0 aromatic rings. The smallest absolute Gasteiger partial charge is 0.220 e. The van der Waals surface area contributed by atoms with E-state index in [1.54, 1.807) is 6.08 Å². The van der Waals surface area contributed by atoms with Crippen LogP contribution in [0.25, 0.3) is 0 Å². The molecule has 0 radical (unpaired) electrons. The van der Waals surface area contributed by atoms with Gasteiger partial charge in [-0.1, -0.05) is 237 Å². The Morgan fingerprint density at radius 2 is 0.744 bits per heavy atom. The van der Waals surface area contributed by atoms with Gasteiger partial charge in [0.05, 0.1) is 38.6 Å². The first-order valence-electron chi connectivity index (χ1n) is 34.2. The molecule has 1 amide bonds. The quantitative estimate of drug-likeness (QED) is 0.0201. The Hall–Kier alpha value is -1.99. The molecule has 0 saturated carbocycles. The Labute approximate surface area is 517 Å². The molecular formula is C67H123NO18. The molecule has 3 fully saturated rings. The van der Waals surface area contributed by atoms with E-state index in [-0.39, 0.29) is 18.9 Å². The number of carbonyl (C=O) groups is 1. The molecule has 0 bridgehead atoms. The van der Waals surface area contributed by atoms with Crippen LogP contribution in [0.15, 0.2) is 36.5 Å². The van der Waals surface area contributed by atoms with Crippen LogP contribution in [0.2, 0.25) is 0 Å². The Morgan fingerprint density at radius 1 is 0.407 bits per heavy atom. The predicted molar refractivity (Wildman–Crippen MR) is 333 cm³/mol. The van der Waals surface area contributed by atoms with Gasteiger partial charge in [-0.25, -0.2) is 0 Å². The van der Waals surface area contributed by atoms with E-state index in [9.17, 15) is 61.0 Å². The van der Waals surface area contributed by atoms with Crippen LogP contribution in [0.3, 0.4) is 0 Å².